The van der Waals surface area contributed by atoms with Crippen LogP contribution in [0.5, 0.6) is 0 Å². The number of aliphatic imine (C=N–C) groups is 1. The van der Waals surface area contributed by atoms with Crippen molar-refractivity contribution < 1.29 is 9.53 Å². The van der Waals surface area contributed by atoms with Gasteiger partial charge in [-0.2, -0.15) is 0 Å². The molecule has 0 aromatic carbocycles. The topological polar surface area (TPSA) is 62.7 Å². The van der Waals surface area contributed by atoms with Gasteiger partial charge in [0, 0.05) is 26.1 Å². The Morgan fingerprint density at radius 3 is 2.78 bits per heavy atom. The molecular weight excluding hydrogens is 405 g/mol. The molecule has 1 aliphatic carbocycles. The molecule has 0 atom stereocenters. The third-order valence-electron chi connectivity index (χ3n) is 3.58. The summed E-state index contributed by atoms with van der Waals surface area (Å²) in [5.41, 5.74) is 1.57. The minimum absolute atomic E-state index is 0. The van der Waals surface area contributed by atoms with E-state index in [1.54, 1.807) is 5.57 Å². The zero-order valence-corrected chi connectivity index (χ0v) is 16.9. The van der Waals surface area contributed by atoms with E-state index in [0.717, 1.165) is 31.9 Å². The number of guanidine groups is 1. The molecule has 0 bridgehead atoms. The van der Waals surface area contributed by atoms with Crippen molar-refractivity contribution in [3.8, 4) is 0 Å². The lowest BCUT2D eigenvalue weighted by molar-refractivity contribution is -0.143. The molecule has 0 amide bonds. The number of allylic oxidation sites excluding steroid dienone is 1. The van der Waals surface area contributed by atoms with Gasteiger partial charge in [0.15, 0.2) is 5.96 Å². The molecule has 2 N–H and O–H groups in total. The number of carbonyl (C=O) groups is 1. The zero-order valence-electron chi connectivity index (χ0n) is 14.5. The highest BCUT2D eigenvalue weighted by Gasteiger charge is 2.04. The summed E-state index contributed by atoms with van der Waals surface area (Å²) in [6, 6.07) is 0. The van der Waals surface area contributed by atoms with Gasteiger partial charge in [-0.15, -0.1) is 24.0 Å². The van der Waals surface area contributed by atoms with Gasteiger partial charge in [-0.25, -0.2) is 0 Å². The van der Waals surface area contributed by atoms with Crippen molar-refractivity contribution in [2.45, 2.75) is 58.8 Å². The third-order valence-corrected chi connectivity index (χ3v) is 3.58. The molecule has 0 aliphatic heterocycles. The van der Waals surface area contributed by atoms with Crippen LogP contribution in [0.4, 0.5) is 0 Å². The first kappa shape index (κ1) is 22.2. The Balaban J connectivity index is 0.00000484. The number of ether oxygens (including phenoxy) is 1. The normalized spacial score (nSPS) is 14.5. The van der Waals surface area contributed by atoms with Crippen molar-refractivity contribution in [3.63, 3.8) is 0 Å². The average molecular weight is 437 g/mol. The van der Waals surface area contributed by atoms with Gasteiger partial charge in [-0.05, 0) is 52.4 Å². The maximum Gasteiger partial charge on any atom is 0.305 e. The second kappa shape index (κ2) is 14.8. The second-order valence-corrected chi connectivity index (χ2v) is 5.45. The summed E-state index contributed by atoms with van der Waals surface area (Å²) in [6.07, 6.45) is 9.77. The van der Waals surface area contributed by atoms with Gasteiger partial charge in [-0.1, -0.05) is 11.6 Å². The van der Waals surface area contributed by atoms with E-state index in [2.05, 4.69) is 28.6 Å². The number of hydrogen-bond donors (Lipinski definition) is 2. The lowest BCUT2D eigenvalue weighted by Crippen LogP contribution is -2.38. The zero-order chi connectivity index (χ0) is 16.0. The molecule has 23 heavy (non-hydrogen) atoms. The highest BCUT2D eigenvalue weighted by molar-refractivity contribution is 14.0. The Bertz CT molecular complexity index is 384. The molecule has 0 saturated heterocycles. The smallest absolute Gasteiger partial charge is 0.305 e. The standard InChI is InChI=1S/C17H31N3O2.HI/c1-3-18-17(19-13-8-11-16(21)22-4-2)20-14-12-15-9-6-5-7-10-15;/h9H,3-8,10-14H2,1-2H3,(H2,18,19,20);1H. The largest absolute Gasteiger partial charge is 0.466 e. The molecule has 0 spiro atoms. The van der Waals surface area contributed by atoms with Crippen LogP contribution >= 0.6 is 24.0 Å². The Labute approximate surface area is 157 Å². The van der Waals surface area contributed by atoms with Crippen LogP contribution in [-0.4, -0.2) is 38.2 Å². The van der Waals surface area contributed by atoms with Gasteiger partial charge in [0.2, 0.25) is 0 Å². The predicted octanol–water partition coefficient (Wildman–Crippen LogP) is 3.39. The molecule has 134 valence electrons. The van der Waals surface area contributed by atoms with E-state index in [-0.39, 0.29) is 29.9 Å². The summed E-state index contributed by atoms with van der Waals surface area (Å²) in [4.78, 5) is 15.7. The van der Waals surface area contributed by atoms with Crippen molar-refractivity contribution in [1.82, 2.24) is 10.6 Å². The van der Waals surface area contributed by atoms with Gasteiger partial charge >= 0.3 is 5.97 Å². The first-order chi connectivity index (χ1) is 10.8. The molecular formula is C17H32IN3O2. The van der Waals surface area contributed by atoms with Gasteiger partial charge in [0.1, 0.15) is 0 Å². The van der Waals surface area contributed by atoms with Crippen molar-refractivity contribution >= 4 is 35.9 Å². The maximum absolute atomic E-state index is 11.3. The molecule has 0 fully saturated rings. The summed E-state index contributed by atoms with van der Waals surface area (Å²) < 4.78 is 4.90. The number of halogens is 1. The van der Waals surface area contributed by atoms with Crippen LogP contribution in [0.25, 0.3) is 0 Å². The van der Waals surface area contributed by atoms with Crippen molar-refractivity contribution in [1.29, 1.82) is 0 Å². The molecule has 0 unspecified atom stereocenters. The SMILES string of the molecule is CCNC(=NCCCC(=O)OCC)NCCC1=CCCCC1.I. The number of hydrogen-bond acceptors (Lipinski definition) is 3. The molecule has 1 aliphatic rings. The molecule has 0 aromatic heterocycles. The van der Waals surface area contributed by atoms with Crippen LogP contribution in [0.3, 0.4) is 0 Å². The van der Waals surface area contributed by atoms with Crippen LogP contribution < -0.4 is 10.6 Å². The summed E-state index contributed by atoms with van der Waals surface area (Å²) in [6.45, 7) is 6.71. The number of carbonyl (C=O) groups excluding carboxylic acids is 1. The summed E-state index contributed by atoms with van der Waals surface area (Å²) in [7, 11) is 0. The Morgan fingerprint density at radius 1 is 1.30 bits per heavy atom. The Kier molecular flexibility index (Phi) is 14.3. The van der Waals surface area contributed by atoms with Gasteiger partial charge in [-0.3, -0.25) is 9.79 Å². The van der Waals surface area contributed by atoms with Crippen LogP contribution in [0.15, 0.2) is 16.6 Å². The first-order valence-electron chi connectivity index (χ1n) is 8.62. The summed E-state index contributed by atoms with van der Waals surface area (Å²) in [5.74, 6) is 0.697. The lowest BCUT2D eigenvalue weighted by atomic mass is 9.97. The summed E-state index contributed by atoms with van der Waals surface area (Å²) >= 11 is 0. The van der Waals surface area contributed by atoms with E-state index in [1.165, 1.54) is 25.7 Å². The highest BCUT2D eigenvalue weighted by Crippen LogP contribution is 2.19. The maximum atomic E-state index is 11.3. The fraction of sp³-hybridized carbons (Fsp3) is 0.765. The highest BCUT2D eigenvalue weighted by atomic mass is 127. The van der Waals surface area contributed by atoms with E-state index >= 15 is 0 Å². The Morgan fingerprint density at radius 2 is 2.13 bits per heavy atom. The van der Waals surface area contributed by atoms with E-state index in [0.29, 0.717) is 19.6 Å². The van der Waals surface area contributed by atoms with E-state index in [9.17, 15) is 4.79 Å². The van der Waals surface area contributed by atoms with Gasteiger partial charge in [0.25, 0.3) is 0 Å². The van der Waals surface area contributed by atoms with E-state index < -0.39 is 0 Å². The molecule has 1 rings (SSSR count). The quantitative estimate of drug-likeness (QED) is 0.145. The van der Waals surface area contributed by atoms with Gasteiger partial charge in [0.05, 0.1) is 6.61 Å². The molecule has 0 heterocycles. The number of esters is 1. The predicted molar refractivity (Wildman–Crippen MR) is 106 cm³/mol. The van der Waals surface area contributed by atoms with Gasteiger partial charge < -0.3 is 15.4 Å². The summed E-state index contributed by atoms with van der Waals surface area (Å²) in [5, 5.41) is 6.60. The van der Waals surface area contributed by atoms with Crippen LogP contribution in [0.1, 0.15) is 58.8 Å². The molecule has 0 radical (unpaired) electrons. The first-order valence-corrected chi connectivity index (χ1v) is 8.62. The molecule has 0 saturated carbocycles. The fourth-order valence-corrected chi connectivity index (χ4v) is 2.46. The van der Waals surface area contributed by atoms with Crippen LogP contribution in [0, 0.1) is 0 Å². The number of nitrogens with one attached hydrogen (secondary N) is 2. The lowest BCUT2D eigenvalue weighted by Gasteiger charge is -2.15. The van der Waals surface area contributed by atoms with Crippen molar-refractivity contribution in [2.75, 3.05) is 26.2 Å². The van der Waals surface area contributed by atoms with Crippen molar-refractivity contribution in [3.05, 3.63) is 11.6 Å². The minimum atomic E-state index is -0.139. The number of nitrogens with zero attached hydrogens (tertiary/aromatic N) is 1. The average Bonchev–Trinajstić information content (AvgIpc) is 2.53. The molecule has 0 aromatic rings. The second-order valence-electron chi connectivity index (χ2n) is 5.45. The molecule has 5 nitrogen and oxygen atoms in total. The fourth-order valence-electron chi connectivity index (χ4n) is 2.46. The molecule has 6 heteroatoms. The monoisotopic (exact) mass is 437 g/mol. The van der Waals surface area contributed by atoms with Crippen molar-refractivity contribution in [2.24, 2.45) is 4.99 Å². The van der Waals surface area contributed by atoms with Crippen LogP contribution in [0.2, 0.25) is 0 Å². The number of rotatable bonds is 9. The van der Waals surface area contributed by atoms with E-state index in [1.807, 2.05) is 6.92 Å². The van der Waals surface area contributed by atoms with Crippen LogP contribution in [-0.2, 0) is 9.53 Å². The minimum Gasteiger partial charge on any atom is -0.466 e. The van der Waals surface area contributed by atoms with E-state index in [4.69, 9.17) is 4.74 Å². The Hall–Kier alpha value is -0.790. The third kappa shape index (κ3) is 11.4.